The molecule has 1 unspecified atom stereocenters. The molecule has 0 bridgehead atoms. The van der Waals surface area contributed by atoms with E-state index >= 15 is 0 Å². The van der Waals surface area contributed by atoms with Gasteiger partial charge in [0.25, 0.3) is 0 Å². The summed E-state index contributed by atoms with van der Waals surface area (Å²) in [4.78, 5) is 13.7. The Balaban J connectivity index is 0.000000345. The molecule has 28 heavy (non-hydrogen) atoms. The maximum atomic E-state index is 10.6. The predicted molar refractivity (Wildman–Crippen MR) is 105 cm³/mol. The second-order valence-electron chi connectivity index (χ2n) is 6.76. The first kappa shape index (κ1) is 21.9. The van der Waals surface area contributed by atoms with E-state index in [2.05, 4.69) is 65.3 Å². The molecule has 0 aromatic heterocycles. The van der Waals surface area contributed by atoms with Crippen LogP contribution >= 0.6 is 15.9 Å². The number of fused-ring (bicyclic) bond motifs is 1. The van der Waals surface area contributed by atoms with Crippen molar-refractivity contribution in [1.82, 2.24) is 0 Å². The van der Waals surface area contributed by atoms with Crippen molar-refractivity contribution in [3.63, 3.8) is 0 Å². The van der Waals surface area contributed by atoms with Crippen LogP contribution < -0.4 is 5.73 Å². The zero-order chi connectivity index (χ0) is 20.9. The van der Waals surface area contributed by atoms with E-state index < -0.39 is 12.1 Å². The Kier molecular flexibility index (Phi) is 6.87. The highest BCUT2D eigenvalue weighted by Gasteiger charge is 2.38. The van der Waals surface area contributed by atoms with Crippen molar-refractivity contribution < 1.29 is 23.1 Å². The summed E-state index contributed by atoms with van der Waals surface area (Å²) in [6.45, 7) is 2.20. The third kappa shape index (κ3) is 6.09. The fourth-order valence-corrected chi connectivity index (χ4v) is 3.42. The summed E-state index contributed by atoms with van der Waals surface area (Å²) in [5, 5.41) is 7.12. The van der Waals surface area contributed by atoms with Crippen molar-refractivity contribution in [2.75, 3.05) is 0 Å². The van der Waals surface area contributed by atoms with Crippen molar-refractivity contribution in [2.45, 2.75) is 37.9 Å². The third-order valence-electron chi connectivity index (χ3n) is 4.34. The highest BCUT2D eigenvalue weighted by Crippen LogP contribution is 2.30. The lowest BCUT2D eigenvalue weighted by atomic mass is 9.83. The highest BCUT2D eigenvalue weighted by atomic mass is 79.9. The van der Waals surface area contributed by atoms with E-state index in [1.165, 1.54) is 11.1 Å². The van der Waals surface area contributed by atoms with Crippen LogP contribution in [0.2, 0.25) is 0 Å². The normalized spacial score (nSPS) is 18.4. The van der Waals surface area contributed by atoms with Crippen LogP contribution in [0.25, 0.3) is 0 Å². The number of nitrogens with zero attached hydrogens (tertiary/aromatic N) is 1. The fraction of sp³-hybridized carbons (Fsp3) is 0.300. The lowest BCUT2D eigenvalue weighted by molar-refractivity contribution is -0.192. The molecule has 1 aliphatic heterocycles. The Morgan fingerprint density at radius 1 is 1.25 bits per heavy atom. The first-order valence-corrected chi connectivity index (χ1v) is 9.28. The molecule has 2 aromatic carbocycles. The number of benzene rings is 2. The molecule has 2 aromatic rings. The number of amidine groups is 1. The molecule has 0 aliphatic carbocycles. The van der Waals surface area contributed by atoms with Gasteiger partial charge in [-0.15, -0.1) is 0 Å². The lowest BCUT2D eigenvalue weighted by Crippen LogP contribution is -2.35. The number of aryl methyl sites for hydroxylation is 1. The molecule has 3 rings (SSSR count). The van der Waals surface area contributed by atoms with E-state index in [0.717, 1.165) is 29.3 Å². The number of carboxylic acid groups (broad SMARTS) is 1. The van der Waals surface area contributed by atoms with Gasteiger partial charge < -0.3 is 10.8 Å². The number of nitrogens with two attached hydrogens (primary N) is 1. The number of hydrogen-bond acceptors (Lipinski definition) is 3. The minimum absolute atomic E-state index is 0.110. The Labute approximate surface area is 169 Å². The predicted octanol–water partition coefficient (Wildman–Crippen LogP) is 4.74. The molecule has 0 fully saturated rings. The third-order valence-corrected chi connectivity index (χ3v) is 4.83. The van der Waals surface area contributed by atoms with Crippen molar-refractivity contribution in [3.8, 4) is 0 Å². The first-order valence-electron chi connectivity index (χ1n) is 8.48. The van der Waals surface area contributed by atoms with E-state index in [1.807, 2.05) is 6.07 Å². The van der Waals surface area contributed by atoms with Crippen LogP contribution in [0, 0.1) is 0 Å². The van der Waals surface area contributed by atoms with E-state index in [4.69, 9.17) is 20.6 Å². The standard InChI is InChI=1S/C18H19BrN2.C2HF3O2/c1-18(10-9-13-5-4-7-15(19)11-13)12-14-6-2-3-8-16(14)17(20)21-18;3-2(4,5)1(6)7/h2-8,11H,9-10,12H2,1H3,(H2,20,21);(H,6,7). The maximum Gasteiger partial charge on any atom is 0.490 e. The zero-order valence-corrected chi connectivity index (χ0v) is 16.7. The molecule has 1 aliphatic rings. The summed E-state index contributed by atoms with van der Waals surface area (Å²) in [7, 11) is 0. The van der Waals surface area contributed by atoms with Gasteiger partial charge >= 0.3 is 12.1 Å². The largest absolute Gasteiger partial charge is 0.490 e. The van der Waals surface area contributed by atoms with Gasteiger partial charge in [0.05, 0.1) is 5.54 Å². The Hall–Kier alpha value is -2.35. The smallest absolute Gasteiger partial charge is 0.475 e. The van der Waals surface area contributed by atoms with Gasteiger partial charge in [-0.25, -0.2) is 4.79 Å². The molecule has 0 radical (unpaired) electrons. The van der Waals surface area contributed by atoms with E-state index in [1.54, 1.807) is 0 Å². The lowest BCUT2D eigenvalue weighted by Gasteiger charge is -2.31. The van der Waals surface area contributed by atoms with Crippen molar-refractivity contribution >= 4 is 27.7 Å². The molecule has 0 saturated carbocycles. The van der Waals surface area contributed by atoms with Gasteiger partial charge in [0.1, 0.15) is 5.84 Å². The number of hydrogen-bond donors (Lipinski definition) is 2. The van der Waals surface area contributed by atoms with Gasteiger partial charge in [0.15, 0.2) is 0 Å². The van der Waals surface area contributed by atoms with Crippen LogP contribution in [-0.4, -0.2) is 28.6 Å². The molecule has 1 heterocycles. The van der Waals surface area contributed by atoms with E-state index in [9.17, 15) is 13.2 Å². The molecule has 3 N–H and O–H groups in total. The van der Waals surface area contributed by atoms with E-state index in [0.29, 0.717) is 5.84 Å². The van der Waals surface area contributed by atoms with Crippen LogP contribution in [0.3, 0.4) is 0 Å². The van der Waals surface area contributed by atoms with Crippen LogP contribution in [0.15, 0.2) is 58.0 Å². The minimum Gasteiger partial charge on any atom is -0.475 e. The minimum atomic E-state index is -5.08. The molecule has 1 atom stereocenters. The molecule has 0 saturated heterocycles. The number of alkyl halides is 3. The molecular formula is C20H20BrF3N2O2. The number of halogens is 4. The summed E-state index contributed by atoms with van der Waals surface area (Å²) in [6.07, 6.45) is -2.12. The van der Waals surface area contributed by atoms with Crippen LogP contribution in [0.1, 0.15) is 30.0 Å². The van der Waals surface area contributed by atoms with E-state index in [-0.39, 0.29) is 5.54 Å². The average Bonchev–Trinajstić information content (AvgIpc) is 2.60. The van der Waals surface area contributed by atoms with Gasteiger partial charge in [-0.1, -0.05) is 52.3 Å². The summed E-state index contributed by atoms with van der Waals surface area (Å²) in [5.74, 6) is -2.08. The quantitative estimate of drug-likeness (QED) is 0.700. The average molecular weight is 457 g/mol. The number of aliphatic carboxylic acids is 1. The van der Waals surface area contributed by atoms with Gasteiger partial charge in [-0.3, -0.25) is 4.99 Å². The SMILES string of the molecule is CC1(CCc2cccc(Br)c2)Cc2ccccc2C(N)=N1.O=C(O)C(F)(F)F. The van der Waals surface area contributed by atoms with Gasteiger partial charge in [-0.2, -0.15) is 13.2 Å². The van der Waals surface area contributed by atoms with Crippen LogP contribution in [0.4, 0.5) is 13.2 Å². The number of rotatable bonds is 3. The Morgan fingerprint density at radius 3 is 2.50 bits per heavy atom. The summed E-state index contributed by atoms with van der Waals surface area (Å²) >= 11 is 3.52. The molecule has 0 amide bonds. The number of aliphatic imine (C=N–C) groups is 1. The highest BCUT2D eigenvalue weighted by molar-refractivity contribution is 9.10. The Bertz CT molecular complexity index is 884. The number of carboxylic acids is 1. The monoisotopic (exact) mass is 456 g/mol. The summed E-state index contributed by atoms with van der Waals surface area (Å²) in [5.41, 5.74) is 9.78. The van der Waals surface area contributed by atoms with Gasteiger partial charge in [0.2, 0.25) is 0 Å². The second-order valence-corrected chi connectivity index (χ2v) is 7.68. The van der Waals surface area contributed by atoms with Crippen LogP contribution in [0.5, 0.6) is 0 Å². The second kappa shape index (κ2) is 8.77. The summed E-state index contributed by atoms with van der Waals surface area (Å²) < 4.78 is 32.9. The molecule has 4 nitrogen and oxygen atoms in total. The van der Waals surface area contributed by atoms with Gasteiger partial charge in [0, 0.05) is 10.0 Å². The maximum absolute atomic E-state index is 10.6. The molecule has 150 valence electrons. The first-order chi connectivity index (χ1) is 13.0. The van der Waals surface area contributed by atoms with Crippen molar-refractivity contribution in [2.24, 2.45) is 10.7 Å². The van der Waals surface area contributed by atoms with Crippen molar-refractivity contribution in [1.29, 1.82) is 0 Å². The molecule has 8 heteroatoms. The zero-order valence-electron chi connectivity index (χ0n) is 15.1. The summed E-state index contributed by atoms with van der Waals surface area (Å²) in [6, 6.07) is 16.8. The van der Waals surface area contributed by atoms with Crippen molar-refractivity contribution in [3.05, 3.63) is 69.7 Å². The van der Waals surface area contributed by atoms with Crippen LogP contribution in [-0.2, 0) is 17.6 Å². The van der Waals surface area contributed by atoms with Gasteiger partial charge in [-0.05, 0) is 49.4 Å². The molecule has 0 spiro atoms. The Morgan fingerprint density at radius 2 is 1.89 bits per heavy atom. The molecular weight excluding hydrogens is 437 g/mol. The fourth-order valence-electron chi connectivity index (χ4n) is 2.98. The topological polar surface area (TPSA) is 75.7 Å². The number of carbonyl (C=O) groups is 1.